The molecule has 134 valence electrons. The molecule has 1 aromatic heterocycles. The second kappa shape index (κ2) is 9.08. The summed E-state index contributed by atoms with van der Waals surface area (Å²) >= 11 is 0. The fraction of sp³-hybridized carbons (Fsp3) is 0.211. The van der Waals surface area contributed by atoms with Crippen LogP contribution in [0.25, 0.3) is 6.08 Å². The Morgan fingerprint density at radius 3 is 2.62 bits per heavy atom. The number of nitriles is 1. The standard InChI is InChI=1S/C19H18N2O5/c1-13(17-4-3-9-25-17)21-18(22)12-26-19(23)15(11-20)10-14-5-7-16(24-2)8-6-14/h3-10,13H,12H2,1-2H3,(H,21,22)/b15-10+/t13-/m1/s1. The highest BCUT2D eigenvalue weighted by Crippen LogP contribution is 2.15. The zero-order valence-electron chi connectivity index (χ0n) is 14.4. The topological polar surface area (TPSA) is 102 Å². The van der Waals surface area contributed by atoms with Gasteiger partial charge in [-0.05, 0) is 42.8 Å². The van der Waals surface area contributed by atoms with Gasteiger partial charge in [-0.25, -0.2) is 4.79 Å². The summed E-state index contributed by atoms with van der Waals surface area (Å²) in [4.78, 5) is 23.8. The van der Waals surface area contributed by atoms with Crippen molar-refractivity contribution < 1.29 is 23.5 Å². The maximum Gasteiger partial charge on any atom is 0.349 e. The van der Waals surface area contributed by atoms with Crippen molar-refractivity contribution in [2.75, 3.05) is 13.7 Å². The van der Waals surface area contributed by atoms with Gasteiger partial charge in [0, 0.05) is 0 Å². The van der Waals surface area contributed by atoms with Gasteiger partial charge < -0.3 is 19.2 Å². The van der Waals surface area contributed by atoms with E-state index in [9.17, 15) is 9.59 Å². The number of hydrogen-bond acceptors (Lipinski definition) is 6. The molecule has 2 rings (SSSR count). The molecule has 0 saturated heterocycles. The van der Waals surface area contributed by atoms with Gasteiger partial charge in [0.15, 0.2) is 6.61 Å². The summed E-state index contributed by atoms with van der Waals surface area (Å²) in [7, 11) is 1.54. The quantitative estimate of drug-likeness (QED) is 0.466. The summed E-state index contributed by atoms with van der Waals surface area (Å²) in [5.41, 5.74) is 0.428. The van der Waals surface area contributed by atoms with Gasteiger partial charge in [0.25, 0.3) is 5.91 Å². The molecule has 7 nitrogen and oxygen atoms in total. The first-order valence-corrected chi connectivity index (χ1v) is 7.79. The summed E-state index contributed by atoms with van der Waals surface area (Å²) in [6, 6.07) is 11.6. The number of methoxy groups -OCH3 is 1. The van der Waals surface area contributed by atoms with Crippen LogP contribution in [-0.4, -0.2) is 25.6 Å². The molecule has 26 heavy (non-hydrogen) atoms. The van der Waals surface area contributed by atoms with Gasteiger partial charge in [-0.2, -0.15) is 5.26 Å². The number of nitrogens with zero attached hydrogens (tertiary/aromatic N) is 1. The summed E-state index contributed by atoms with van der Waals surface area (Å²) in [5.74, 6) is -0.125. The van der Waals surface area contributed by atoms with Gasteiger partial charge in [0.05, 0.1) is 19.4 Å². The second-order valence-electron chi connectivity index (χ2n) is 5.32. The number of nitrogens with one attached hydrogen (secondary N) is 1. The van der Waals surface area contributed by atoms with Crippen molar-refractivity contribution in [3.63, 3.8) is 0 Å². The normalized spacial score (nSPS) is 12.0. The van der Waals surface area contributed by atoms with E-state index in [0.717, 1.165) is 0 Å². The lowest BCUT2D eigenvalue weighted by Crippen LogP contribution is -2.31. The Hall–Kier alpha value is -3.53. The van der Waals surface area contributed by atoms with E-state index >= 15 is 0 Å². The molecule has 0 aliphatic heterocycles. The number of esters is 1. The molecule has 2 aromatic rings. The summed E-state index contributed by atoms with van der Waals surface area (Å²) in [6.07, 6.45) is 2.88. The molecule has 0 saturated carbocycles. The lowest BCUT2D eigenvalue weighted by molar-refractivity contribution is -0.144. The van der Waals surface area contributed by atoms with Crippen LogP contribution >= 0.6 is 0 Å². The van der Waals surface area contributed by atoms with E-state index in [1.54, 1.807) is 56.5 Å². The van der Waals surface area contributed by atoms with Crippen molar-refractivity contribution in [3.05, 3.63) is 59.6 Å². The van der Waals surface area contributed by atoms with Crippen molar-refractivity contribution in [2.45, 2.75) is 13.0 Å². The SMILES string of the molecule is COc1ccc(/C=C(\C#N)C(=O)OCC(=O)N[C@H](C)c2ccco2)cc1. The van der Waals surface area contributed by atoms with Gasteiger partial charge in [0.1, 0.15) is 23.2 Å². The number of carbonyl (C=O) groups excluding carboxylic acids is 2. The Kier molecular flexibility index (Phi) is 6.57. The molecule has 0 fully saturated rings. The first-order valence-electron chi connectivity index (χ1n) is 7.79. The third-order valence-corrected chi connectivity index (χ3v) is 3.45. The fourth-order valence-corrected chi connectivity index (χ4v) is 2.10. The highest BCUT2D eigenvalue weighted by Gasteiger charge is 2.16. The second-order valence-corrected chi connectivity index (χ2v) is 5.32. The third kappa shape index (κ3) is 5.24. The minimum atomic E-state index is -0.871. The van der Waals surface area contributed by atoms with Crippen LogP contribution in [0, 0.1) is 11.3 Å². The van der Waals surface area contributed by atoms with Crippen LogP contribution in [0.15, 0.2) is 52.7 Å². The zero-order valence-corrected chi connectivity index (χ0v) is 14.4. The Balaban J connectivity index is 1.91. The van der Waals surface area contributed by atoms with Crippen LogP contribution in [0.1, 0.15) is 24.3 Å². The first kappa shape index (κ1) is 18.8. The Morgan fingerprint density at radius 1 is 1.31 bits per heavy atom. The van der Waals surface area contributed by atoms with Gasteiger partial charge >= 0.3 is 5.97 Å². The van der Waals surface area contributed by atoms with Crippen molar-refractivity contribution >= 4 is 18.0 Å². The monoisotopic (exact) mass is 354 g/mol. The number of amides is 1. The molecular formula is C19H18N2O5. The number of furan rings is 1. The molecule has 1 amide bonds. The highest BCUT2D eigenvalue weighted by atomic mass is 16.5. The van der Waals surface area contributed by atoms with Crippen molar-refractivity contribution in [2.24, 2.45) is 0 Å². The van der Waals surface area contributed by atoms with E-state index in [4.69, 9.17) is 19.2 Å². The maximum absolute atomic E-state index is 12.0. The number of benzene rings is 1. The average molecular weight is 354 g/mol. The van der Waals surface area contributed by atoms with Gasteiger partial charge in [-0.3, -0.25) is 4.79 Å². The molecule has 0 radical (unpaired) electrons. The van der Waals surface area contributed by atoms with E-state index < -0.39 is 18.5 Å². The predicted octanol–water partition coefficient (Wildman–Crippen LogP) is 2.62. The summed E-state index contributed by atoms with van der Waals surface area (Å²) in [6.45, 7) is 1.24. The molecule has 0 bridgehead atoms. The van der Waals surface area contributed by atoms with Crippen LogP contribution < -0.4 is 10.1 Å². The Labute approximate surface area is 150 Å². The Bertz CT molecular complexity index is 817. The molecule has 1 aromatic carbocycles. The van der Waals surface area contributed by atoms with E-state index in [-0.39, 0.29) is 11.6 Å². The highest BCUT2D eigenvalue weighted by molar-refractivity contribution is 5.98. The lowest BCUT2D eigenvalue weighted by atomic mass is 10.1. The molecule has 7 heteroatoms. The van der Waals surface area contributed by atoms with Crippen molar-refractivity contribution in [1.29, 1.82) is 5.26 Å². The molecule has 0 spiro atoms. The van der Waals surface area contributed by atoms with Gasteiger partial charge in [0.2, 0.25) is 0 Å². The van der Waals surface area contributed by atoms with E-state index in [1.807, 2.05) is 0 Å². The number of carbonyl (C=O) groups is 2. The fourth-order valence-electron chi connectivity index (χ4n) is 2.10. The molecule has 0 unspecified atom stereocenters. The van der Waals surface area contributed by atoms with Crippen LogP contribution in [0.4, 0.5) is 0 Å². The van der Waals surface area contributed by atoms with Crippen LogP contribution in [0.2, 0.25) is 0 Å². The van der Waals surface area contributed by atoms with Crippen LogP contribution in [-0.2, 0) is 14.3 Å². The average Bonchev–Trinajstić information content (AvgIpc) is 3.19. The molecule has 1 heterocycles. The van der Waals surface area contributed by atoms with Gasteiger partial charge in [-0.15, -0.1) is 0 Å². The van der Waals surface area contributed by atoms with Crippen LogP contribution in [0.5, 0.6) is 5.75 Å². The van der Waals surface area contributed by atoms with E-state index in [1.165, 1.54) is 12.3 Å². The summed E-state index contributed by atoms with van der Waals surface area (Å²) in [5, 5.41) is 11.8. The molecular weight excluding hydrogens is 336 g/mol. The van der Waals surface area contributed by atoms with Crippen molar-refractivity contribution in [1.82, 2.24) is 5.32 Å². The zero-order chi connectivity index (χ0) is 18.9. The molecule has 1 N–H and O–H groups in total. The molecule has 1 atom stereocenters. The number of rotatable bonds is 7. The van der Waals surface area contributed by atoms with E-state index in [2.05, 4.69) is 5.32 Å². The minimum Gasteiger partial charge on any atom is -0.497 e. The smallest absolute Gasteiger partial charge is 0.349 e. The lowest BCUT2D eigenvalue weighted by Gasteiger charge is -2.11. The van der Waals surface area contributed by atoms with E-state index in [0.29, 0.717) is 17.1 Å². The largest absolute Gasteiger partial charge is 0.497 e. The third-order valence-electron chi connectivity index (χ3n) is 3.45. The number of ether oxygens (including phenoxy) is 2. The molecule has 0 aliphatic rings. The molecule has 0 aliphatic carbocycles. The predicted molar refractivity (Wildman–Crippen MR) is 92.8 cm³/mol. The Morgan fingerprint density at radius 2 is 2.04 bits per heavy atom. The van der Waals surface area contributed by atoms with Crippen LogP contribution in [0.3, 0.4) is 0 Å². The maximum atomic E-state index is 12.0. The van der Waals surface area contributed by atoms with Gasteiger partial charge in [-0.1, -0.05) is 12.1 Å². The van der Waals surface area contributed by atoms with Crippen molar-refractivity contribution in [3.8, 4) is 11.8 Å². The summed E-state index contributed by atoms with van der Waals surface area (Å²) < 4.78 is 15.1. The number of hydrogen-bond donors (Lipinski definition) is 1. The first-order chi connectivity index (χ1) is 12.5. The minimum absolute atomic E-state index is 0.206.